The second kappa shape index (κ2) is 4.80. The van der Waals surface area contributed by atoms with Crippen molar-refractivity contribution in [1.29, 1.82) is 0 Å². The Hall–Kier alpha value is -0.820. The van der Waals surface area contributed by atoms with Gasteiger partial charge in [-0.25, -0.2) is 0 Å². The largest absolute Gasteiger partial charge is 0.314 e. The smallest absolute Gasteiger partial charge is 0.00682 e. The number of hydrogen-bond donors (Lipinski definition) is 1. The molecule has 0 atom stereocenters. The summed E-state index contributed by atoms with van der Waals surface area (Å²) in [5.41, 5.74) is 4.34. The normalized spacial score (nSPS) is 15.6. The van der Waals surface area contributed by atoms with Crippen molar-refractivity contribution < 1.29 is 0 Å². The zero-order valence-corrected chi connectivity index (χ0v) is 9.84. The van der Waals surface area contributed by atoms with Crippen molar-refractivity contribution in [2.45, 2.75) is 45.6 Å². The standard InChI is InChI=1S/C14H21N/c1-11-5-6-12(2)13(10-11)4-3-9-15-14-7-8-14/h5-6,10,14-15H,3-4,7-9H2,1-2H3. The molecule has 0 amide bonds. The average Bonchev–Trinajstić information content (AvgIpc) is 3.01. The number of aryl methyl sites for hydroxylation is 3. The number of hydrogen-bond acceptors (Lipinski definition) is 1. The summed E-state index contributed by atoms with van der Waals surface area (Å²) in [6.07, 6.45) is 5.26. The van der Waals surface area contributed by atoms with E-state index >= 15 is 0 Å². The van der Waals surface area contributed by atoms with E-state index in [1.165, 1.54) is 48.9 Å². The average molecular weight is 203 g/mol. The van der Waals surface area contributed by atoms with Gasteiger partial charge in [0.05, 0.1) is 0 Å². The Bertz CT molecular complexity index is 326. The first kappa shape index (κ1) is 10.7. The summed E-state index contributed by atoms with van der Waals surface area (Å²) >= 11 is 0. The van der Waals surface area contributed by atoms with Crippen LogP contribution >= 0.6 is 0 Å². The molecule has 1 saturated carbocycles. The molecule has 1 aromatic rings. The molecule has 1 fully saturated rings. The number of rotatable bonds is 5. The zero-order valence-electron chi connectivity index (χ0n) is 9.84. The van der Waals surface area contributed by atoms with E-state index in [0.29, 0.717) is 0 Å². The van der Waals surface area contributed by atoms with Gasteiger partial charge in [0, 0.05) is 6.04 Å². The Morgan fingerprint density at radius 3 is 2.80 bits per heavy atom. The Morgan fingerprint density at radius 1 is 1.27 bits per heavy atom. The minimum absolute atomic E-state index is 0.851. The van der Waals surface area contributed by atoms with Crippen molar-refractivity contribution >= 4 is 0 Å². The Kier molecular flexibility index (Phi) is 3.42. The van der Waals surface area contributed by atoms with Crippen LogP contribution in [0.25, 0.3) is 0 Å². The predicted octanol–water partition coefficient (Wildman–Crippen LogP) is 2.99. The van der Waals surface area contributed by atoms with Gasteiger partial charge < -0.3 is 5.32 Å². The molecule has 1 heteroatoms. The fraction of sp³-hybridized carbons (Fsp3) is 0.571. The summed E-state index contributed by atoms with van der Waals surface area (Å²) in [6.45, 7) is 5.56. The highest BCUT2D eigenvalue weighted by Gasteiger charge is 2.19. The fourth-order valence-corrected chi connectivity index (χ4v) is 1.94. The van der Waals surface area contributed by atoms with Crippen LogP contribution in [0.1, 0.15) is 36.0 Å². The van der Waals surface area contributed by atoms with Crippen molar-refractivity contribution in [2.24, 2.45) is 0 Å². The molecule has 1 nitrogen and oxygen atoms in total. The molecule has 0 bridgehead atoms. The summed E-state index contributed by atoms with van der Waals surface area (Å²) in [6, 6.07) is 7.61. The van der Waals surface area contributed by atoms with Gasteiger partial charge in [-0.05, 0) is 57.2 Å². The lowest BCUT2D eigenvalue weighted by atomic mass is 10.0. The molecule has 0 aromatic heterocycles. The molecule has 0 heterocycles. The topological polar surface area (TPSA) is 12.0 Å². The van der Waals surface area contributed by atoms with Gasteiger partial charge in [-0.3, -0.25) is 0 Å². The highest BCUT2D eigenvalue weighted by atomic mass is 14.9. The summed E-state index contributed by atoms with van der Waals surface area (Å²) in [7, 11) is 0. The van der Waals surface area contributed by atoms with Crippen LogP contribution in [0, 0.1) is 13.8 Å². The molecule has 1 N–H and O–H groups in total. The van der Waals surface area contributed by atoms with Crippen molar-refractivity contribution in [3.63, 3.8) is 0 Å². The summed E-state index contributed by atoms with van der Waals surface area (Å²) < 4.78 is 0. The first-order chi connectivity index (χ1) is 7.25. The predicted molar refractivity (Wildman–Crippen MR) is 65.3 cm³/mol. The lowest BCUT2D eigenvalue weighted by Crippen LogP contribution is -2.17. The van der Waals surface area contributed by atoms with E-state index in [9.17, 15) is 0 Å². The molecular formula is C14H21N. The molecule has 0 unspecified atom stereocenters. The van der Waals surface area contributed by atoms with E-state index in [2.05, 4.69) is 37.4 Å². The highest BCUT2D eigenvalue weighted by Crippen LogP contribution is 2.18. The van der Waals surface area contributed by atoms with Gasteiger partial charge in [-0.1, -0.05) is 23.8 Å². The lowest BCUT2D eigenvalue weighted by Gasteiger charge is -2.07. The van der Waals surface area contributed by atoms with Gasteiger partial charge >= 0.3 is 0 Å². The van der Waals surface area contributed by atoms with Crippen LogP contribution in [0.2, 0.25) is 0 Å². The third-order valence-electron chi connectivity index (χ3n) is 3.14. The minimum Gasteiger partial charge on any atom is -0.314 e. The molecule has 0 spiro atoms. The molecule has 1 aliphatic rings. The molecule has 15 heavy (non-hydrogen) atoms. The summed E-state index contributed by atoms with van der Waals surface area (Å²) in [5, 5.41) is 3.56. The molecule has 1 aromatic carbocycles. The Labute approximate surface area is 92.9 Å². The first-order valence-electron chi connectivity index (χ1n) is 6.05. The van der Waals surface area contributed by atoms with Crippen LogP contribution in [0.3, 0.4) is 0 Å². The molecule has 82 valence electrons. The Balaban J connectivity index is 1.78. The van der Waals surface area contributed by atoms with E-state index in [1.807, 2.05) is 0 Å². The SMILES string of the molecule is Cc1ccc(C)c(CCCNC2CC2)c1. The summed E-state index contributed by atoms with van der Waals surface area (Å²) in [4.78, 5) is 0. The van der Waals surface area contributed by atoms with Crippen molar-refractivity contribution in [3.05, 3.63) is 34.9 Å². The van der Waals surface area contributed by atoms with Crippen LogP contribution in [-0.2, 0) is 6.42 Å². The second-order valence-electron chi connectivity index (χ2n) is 4.76. The molecule has 1 aliphatic carbocycles. The van der Waals surface area contributed by atoms with Gasteiger partial charge in [0.2, 0.25) is 0 Å². The van der Waals surface area contributed by atoms with Gasteiger partial charge in [0.1, 0.15) is 0 Å². The van der Waals surface area contributed by atoms with Gasteiger partial charge in [-0.2, -0.15) is 0 Å². The molecule has 0 saturated heterocycles. The maximum atomic E-state index is 3.56. The van der Waals surface area contributed by atoms with Gasteiger partial charge in [0.25, 0.3) is 0 Å². The zero-order chi connectivity index (χ0) is 10.7. The summed E-state index contributed by atoms with van der Waals surface area (Å²) in [5.74, 6) is 0. The maximum absolute atomic E-state index is 3.56. The number of nitrogens with one attached hydrogen (secondary N) is 1. The van der Waals surface area contributed by atoms with E-state index in [4.69, 9.17) is 0 Å². The molecular weight excluding hydrogens is 182 g/mol. The second-order valence-corrected chi connectivity index (χ2v) is 4.76. The minimum atomic E-state index is 0.851. The molecule has 0 radical (unpaired) electrons. The van der Waals surface area contributed by atoms with Crippen LogP contribution in [0.15, 0.2) is 18.2 Å². The molecule has 2 rings (SSSR count). The Morgan fingerprint density at radius 2 is 2.07 bits per heavy atom. The van der Waals surface area contributed by atoms with E-state index in [-0.39, 0.29) is 0 Å². The third-order valence-corrected chi connectivity index (χ3v) is 3.14. The highest BCUT2D eigenvalue weighted by molar-refractivity contribution is 5.30. The van der Waals surface area contributed by atoms with Crippen molar-refractivity contribution in [3.8, 4) is 0 Å². The lowest BCUT2D eigenvalue weighted by molar-refractivity contribution is 0.644. The van der Waals surface area contributed by atoms with E-state index in [0.717, 1.165) is 6.04 Å². The maximum Gasteiger partial charge on any atom is 0.00682 e. The third kappa shape index (κ3) is 3.35. The molecule has 0 aliphatic heterocycles. The monoisotopic (exact) mass is 203 g/mol. The van der Waals surface area contributed by atoms with Crippen LogP contribution in [0.4, 0.5) is 0 Å². The quantitative estimate of drug-likeness (QED) is 0.725. The van der Waals surface area contributed by atoms with E-state index < -0.39 is 0 Å². The van der Waals surface area contributed by atoms with Crippen LogP contribution < -0.4 is 5.32 Å². The van der Waals surface area contributed by atoms with Gasteiger partial charge in [0.15, 0.2) is 0 Å². The van der Waals surface area contributed by atoms with Crippen LogP contribution in [-0.4, -0.2) is 12.6 Å². The fourth-order valence-electron chi connectivity index (χ4n) is 1.94. The first-order valence-corrected chi connectivity index (χ1v) is 6.05. The number of benzene rings is 1. The van der Waals surface area contributed by atoms with Gasteiger partial charge in [-0.15, -0.1) is 0 Å². The van der Waals surface area contributed by atoms with Crippen LogP contribution in [0.5, 0.6) is 0 Å². The van der Waals surface area contributed by atoms with Crippen molar-refractivity contribution in [1.82, 2.24) is 5.32 Å². The van der Waals surface area contributed by atoms with E-state index in [1.54, 1.807) is 0 Å². The van der Waals surface area contributed by atoms with Crippen molar-refractivity contribution in [2.75, 3.05) is 6.54 Å².